The van der Waals surface area contributed by atoms with E-state index in [1.807, 2.05) is 29.2 Å². The smallest absolute Gasteiger partial charge is 0.255 e. The Kier molecular flexibility index (Phi) is 12.4. The van der Waals surface area contributed by atoms with Crippen LogP contribution in [0.1, 0.15) is 61.7 Å². The highest BCUT2D eigenvalue weighted by molar-refractivity contribution is 5.97. The summed E-state index contributed by atoms with van der Waals surface area (Å²) in [7, 11) is 0. The van der Waals surface area contributed by atoms with E-state index in [9.17, 15) is 14.4 Å². The summed E-state index contributed by atoms with van der Waals surface area (Å²) in [5.41, 5.74) is 1.73. The van der Waals surface area contributed by atoms with Crippen molar-refractivity contribution in [2.45, 2.75) is 51.4 Å². The number of ether oxygens (including phenoxy) is 1. The zero-order valence-corrected chi connectivity index (χ0v) is 26.6. The zero-order valence-electron chi connectivity index (χ0n) is 26.6. The zero-order chi connectivity index (χ0) is 31.3. The first-order valence-corrected chi connectivity index (χ1v) is 16.8. The minimum atomic E-state index is -0.242. The van der Waals surface area contributed by atoms with Crippen molar-refractivity contribution in [1.29, 1.82) is 0 Å². The number of aromatic nitrogens is 1. The maximum atomic E-state index is 13.9. The Morgan fingerprint density at radius 1 is 0.756 bits per heavy atom. The fraction of sp³-hybridized carbons (Fsp3) is 0.588. The summed E-state index contributed by atoms with van der Waals surface area (Å²) in [6, 6.07) is 9.45. The van der Waals surface area contributed by atoms with E-state index in [-0.39, 0.29) is 30.8 Å². The molecule has 2 N–H and O–H groups in total. The van der Waals surface area contributed by atoms with Crippen LogP contribution in [0.4, 0.5) is 11.4 Å². The summed E-state index contributed by atoms with van der Waals surface area (Å²) in [5, 5.41) is 6.08. The highest BCUT2D eigenvalue weighted by Gasteiger charge is 2.24. The third-order valence-corrected chi connectivity index (χ3v) is 8.84. The minimum Gasteiger partial charge on any atom is -0.491 e. The van der Waals surface area contributed by atoms with E-state index in [0.29, 0.717) is 43.2 Å². The number of carbonyl (C=O) groups excluding carboxylic acids is 3. The minimum absolute atomic E-state index is 0.00184. The predicted molar refractivity (Wildman–Crippen MR) is 175 cm³/mol. The third-order valence-electron chi connectivity index (χ3n) is 8.84. The van der Waals surface area contributed by atoms with Crippen LogP contribution in [-0.4, -0.2) is 116 Å². The fourth-order valence-electron chi connectivity index (χ4n) is 6.33. The Morgan fingerprint density at radius 2 is 1.38 bits per heavy atom. The van der Waals surface area contributed by atoms with Gasteiger partial charge in [0.25, 0.3) is 5.91 Å². The van der Waals surface area contributed by atoms with Gasteiger partial charge in [-0.1, -0.05) is 25.0 Å². The highest BCUT2D eigenvalue weighted by atomic mass is 16.5. The van der Waals surface area contributed by atoms with Gasteiger partial charge in [-0.2, -0.15) is 0 Å². The van der Waals surface area contributed by atoms with Crippen molar-refractivity contribution in [2.75, 3.05) is 83.5 Å². The summed E-state index contributed by atoms with van der Waals surface area (Å²) in [5.74, 6) is 0.166. The summed E-state index contributed by atoms with van der Waals surface area (Å²) < 4.78 is 6.23. The Morgan fingerprint density at radius 3 is 2.09 bits per heavy atom. The Balaban J connectivity index is 1.33. The lowest BCUT2D eigenvalue weighted by atomic mass is 10.1. The largest absolute Gasteiger partial charge is 0.491 e. The quantitative estimate of drug-likeness (QED) is 0.418. The first-order valence-electron chi connectivity index (χ1n) is 16.8. The molecule has 0 unspecified atom stereocenters. The molecule has 0 aliphatic carbocycles. The van der Waals surface area contributed by atoms with E-state index >= 15 is 0 Å². The van der Waals surface area contributed by atoms with Crippen molar-refractivity contribution in [3.8, 4) is 5.75 Å². The molecule has 1 aromatic heterocycles. The Hall–Kier alpha value is -3.70. The number of rotatable bonds is 10. The van der Waals surface area contributed by atoms with E-state index in [1.165, 1.54) is 25.7 Å². The number of nitrogens with one attached hydrogen (secondary N) is 2. The Labute approximate surface area is 267 Å². The van der Waals surface area contributed by atoms with Crippen molar-refractivity contribution in [3.63, 3.8) is 0 Å². The molecule has 0 saturated carbocycles. The van der Waals surface area contributed by atoms with Crippen LogP contribution >= 0.6 is 0 Å². The van der Waals surface area contributed by atoms with E-state index < -0.39 is 0 Å². The number of carbonyl (C=O) groups is 3. The number of fused-ring (bicyclic) bond motifs is 3. The molecule has 2 bridgehead atoms. The molecule has 45 heavy (non-hydrogen) atoms. The molecule has 11 heteroatoms. The standard InChI is InChI=1S/C34H49N7O4/c42-32(36-13-20-38-15-6-7-16-38)26-40-19-5-1-2-10-22-45-31-12-4-3-11-30(31)41(29-23-28(34(40)44)24-35-25-29)27-33(43)37-14-21-39-17-8-9-18-39/h3-4,11-12,23-25H,1-2,5-10,13-22,26-27H2,(H,36,42)(H,37,43). The predicted octanol–water partition coefficient (Wildman–Crippen LogP) is 3.04. The number of para-hydroxylation sites is 2. The number of anilines is 2. The number of benzene rings is 1. The van der Waals surface area contributed by atoms with Gasteiger partial charge in [0.2, 0.25) is 11.8 Å². The molecular formula is C34H49N7O4. The second-order valence-electron chi connectivity index (χ2n) is 12.3. The van der Waals surface area contributed by atoms with Gasteiger partial charge in [-0.05, 0) is 82.9 Å². The van der Waals surface area contributed by atoms with Crippen molar-refractivity contribution in [1.82, 2.24) is 30.3 Å². The highest BCUT2D eigenvalue weighted by Crippen LogP contribution is 2.34. The summed E-state index contributed by atoms with van der Waals surface area (Å²) >= 11 is 0. The molecular weight excluding hydrogens is 570 g/mol. The van der Waals surface area contributed by atoms with Gasteiger partial charge in [-0.15, -0.1) is 0 Å². The molecule has 0 spiro atoms. The number of pyridine rings is 1. The van der Waals surface area contributed by atoms with Crippen LogP contribution in [0.15, 0.2) is 42.7 Å². The number of nitrogens with zero attached hydrogens (tertiary/aromatic N) is 5. The van der Waals surface area contributed by atoms with Crippen LogP contribution in [0.5, 0.6) is 5.75 Å². The van der Waals surface area contributed by atoms with E-state index in [1.54, 1.807) is 23.4 Å². The lowest BCUT2D eigenvalue weighted by Crippen LogP contribution is -2.43. The van der Waals surface area contributed by atoms with E-state index in [4.69, 9.17) is 4.74 Å². The van der Waals surface area contributed by atoms with Gasteiger partial charge in [-0.25, -0.2) is 0 Å². The molecule has 2 aromatic rings. The van der Waals surface area contributed by atoms with Crippen LogP contribution in [-0.2, 0) is 9.59 Å². The number of hydrogen-bond acceptors (Lipinski definition) is 8. The number of hydrogen-bond donors (Lipinski definition) is 2. The summed E-state index contributed by atoms with van der Waals surface area (Å²) in [6.45, 7) is 8.21. The molecule has 1 aromatic carbocycles. The summed E-state index contributed by atoms with van der Waals surface area (Å²) in [6.07, 6.45) is 11.6. The molecule has 3 aliphatic heterocycles. The van der Waals surface area contributed by atoms with Gasteiger partial charge in [0.15, 0.2) is 0 Å². The second kappa shape index (κ2) is 17.1. The lowest BCUT2D eigenvalue weighted by molar-refractivity contribution is -0.122. The monoisotopic (exact) mass is 619 g/mol. The van der Waals surface area contributed by atoms with E-state index in [0.717, 1.165) is 70.6 Å². The first kappa shape index (κ1) is 32.7. The molecule has 5 rings (SSSR count). The topological polar surface area (TPSA) is 110 Å². The fourth-order valence-corrected chi connectivity index (χ4v) is 6.33. The average Bonchev–Trinajstić information content (AvgIpc) is 3.77. The molecule has 3 aliphatic rings. The first-order chi connectivity index (χ1) is 22.1. The van der Waals surface area contributed by atoms with Crippen LogP contribution in [0, 0.1) is 0 Å². The van der Waals surface area contributed by atoms with Crippen molar-refractivity contribution < 1.29 is 19.1 Å². The van der Waals surface area contributed by atoms with Gasteiger partial charge >= 0.3 is 0 Å². The molecule has 3 amide bonds. The van der Waals surface area contributed by atoms with Gasteiger partial charge < -0.3 is 35.0 Å². The SMILES string of the molecule is O=C(CN1CCCCCCOc2ccccc2N(CC(=O)NCCN2CCCC2)c2cncc(c2)C1=O)NCCN1CCCC1. The van der Waals surface area contributed by atoms with Crippen molar-refractivity contribution >= 4 is 29.1 Å². The molecule has 2 fully saturated rings. The van der Waals surface area contributed by atoms with Crippen LogP contribution in [0.25, 0.3) is 0 Å². The molecule has 11 nitrogen and oxygen atoms in total. The molecule has 0 radical (unpaired) electrons. The van der Waals surface area contributed by atoms with Gasteiger partial charge in [0.1, 0.15) is 12.3 Å². The maximum absolute atomic E-state index is 13.9. The third kappa shape index (κ3) is 9.89. The van der Waals surface area contributed by atoms with Crippen LogP contribution in [0.2, 0.25) is 0 Å². The van der Waals surface area contributed by atoms with Crippen LogP contribution < -0.4 is 20.3 Å². The molecule has 2 saturated heterocycles. The van der Waals surface area contributed by atoms with Crippen molar-refractivity contribution in [2.24, 2.45) is 0 Å². The average molecular weight is 620 g/mol. The number of amides is 3. The van der Waals surface area contributed by atoms with Gasteiger partial charge in [0, 0.05) is 38.9 Å². The van der Waals surface area contributed by atoms with E-state index in [2.05, 4.69) is 25.4 Å². The molecule has 244 valence electrons. The lowest BCUT2D eigenvalue weighted by Gasteiger charge is -2.27. The summed E-state index contributed by atoms with van der Waals surface area (Å²) in [4.78, 5) is 52.7. The van der Waals surface area contributed by atoms with Gasteiger partial charge in [-0.3, -0.25) is 19.4 Å². The van der Waals surface area contributed by atoms with Gasteiger partial charge in [0.05, 0.1) is 36.3 Å². The second-order valence-corrected chi connectivity index (χ2v) is 12.3. The number of likely N-dealkylation sites (tertiary alicyclic amines) is 2. The normalized spacial score (nSPS) is 18.5. The molecule has 0 atom stereocenters. The Bertz CT molecular complexity index is 1260. The van der Waals surface area contributed by atoms with Crippen LogP contribution in [0.3, 0.4) is 0 Å². The molecule has 4 heterocycles. The van der Waals surface area contributed by atoms with Crippen molar-refractivity contribution in [3.05, 3.63) is 48.3 Å². The maximum Gasteiger partial charge on any atom is 0.255 e.